The molecule has 2 N–H and O–H groups in total. The second kappa shape index (κ2) is 8.28. The fourth-order valence-electron chi connectivity index (χ4n) is 4.27. The predicted octanol–water partition coefficient (Wildman–Crippen LogP) is 5.67. The molecule has 0 amide bonds. The Balaban J connectivity index is 1.84. The second-order valence-corrected chi connectivity index (χ2v) is 8.41. The van der Waals surface area contributed by atoms with E-state index in [0.717, 1.165) is 6.07 Å². The van der Waals surface area contributed by atoms with Crippen molar-refractivity contribution in [2.75, 3.05) is 0 Å². The minimum absolute atomic E-state index is 0.0109. The van der Waals surface area contributed by atoms with Crippen LogP contribution >= 0.6 is 11.6 Å². The van der Waals surface area contributed by atoms with Crippen molar-refractivity contribution >= 4 is 39.4 Å². The standard InChI is InChI=1S/C25H15ClF3N3O3/c1-11-5-15-19(8-17(11)28)32(23(25(34)35)20(15)14-3-2-4-30-24(14)33)10-12-9-31-22-16(21(12)26)6-13(27)7-18(22)29/h2-9H,10H2,1H3,(H,30,33)(H,34,35). The van der Waals surface area contributed by atoms with Gasteiger partial charge in [0.1, 0.15) is 22.8 Å². The van der Waals surface area contributed by atoms with Gasteiger partial charge in [0.15, 0.2) is 5.82 Å². The Morgan fingerprint density at radius 3 is 2.63 bits per heavy atom. The molecule has 5 aromatic rings. The molecule has 0 aliphatic rings. The normalized spacial score (nSPS) is 11.5. The smallest absolute Gasteiger partial charge is 0.353 e. The molecule has 3 aromatic heterocycles. The van der Waals surface area contributed by atoms with Gasteiger partial charge in [-0.2, -0.15) is 0 Å². The minimum atomic E-state index is -1.36. The third-order valence-corrected chi connectivity index (χ3v) is 6.30. The highest BCUT2D eigenvalue weighted by Crippen LogP contribution is 2.37. The Bertz CT molecular complexity index is 1740. The van der Waals surface area contributed by atoms with Gasteiger partial charge in [0.05, 0.1) is 17.1 Å². The number of aryl methyl sites for hydroxylation is 1. The van der Waals surface area contributed by atoms with Gasteiger partial charge in [-0.1, -0.05) is 11.6 Å². The molecule has 0 saturated carbocycles. The van der Waals surface area contributed by atoms with Crippen LogP contribution in [0.1, 0.15) is 21.6 Å². The van der Waals surface area contributed by atoms with E-state index in [1.54, 1.807) is 6.07 Å². The summed E-state index contributed by atoms with van der Waals surface area (Å²) in [4.78, 5) is 31.6. The number of aromatic amines is 1. The van der Waals surface area contributed by atoms with Crippen LogP contribution in [0, 0.1) is 24.4 Å². The number of hydrogen-bond donors (Lipinski definition) is 2. The zero-order valence-electron chi connectivity index (χ0n) is 18.0. The maximum atomic E-state index is 14.6. The van der Waals surface area contributed by atoms with Gasteiger partial charge in [-0.25, -0.2) is 18.0 Å². The van der Waals surface area contributed by atoms with Crippen LogP contribution in [0.2, 0.25) is 5.02 Å². The quantitative estimate of drug-likeness (QED) is 0.335. The summed E-state index contributed by atoms with van der Waals surface area (Å²) in [6, 6.07) is 7.39. The molecule has 0 fully saturated rings. The van der Waals surface area contributed by atoms with Crippen LogP contribution in [0.4, 0.5) is 13.2 Å². The SMILES string of the molecule is Cc1cc2c(-c3ccc[nH]c3=O)c(C(=O)O)n(Cc3cnc4c(F)cc(F)cc4c3Cl)c2cc1F. The molecule has 35 heavy (non-hydrogen) atoms. The molecule has 0 spiro atoms. The van der Waals surface area contributed by atoms with Gasteiger partial charge in [-0.3, -0.25) is 9.78 Å². The number of nitrogens with one attached hydrogen (secondary N) is 1. The first-order valence-electron chi connectivity index (χ1n) is 10.3. The molecule has 6 nitrogen and oxygen atoms in total. The summed E-state index contributed by atoms with van der Waals surface area (Å²) in [5.41, 5.74) is -0.0317. The molecule has 0 saturated heterocycles. The highest BCUT2D eigenvalue weighted by molar-refractivity contribution is 6.36. The zero-order chi connectivity index (χ0) is 25.0. The van der Waals surface area contributed by atoms with E-state index in [1.807, 2.05) is 0 Å². The Kier molecular flexibility index (Phi) is 5.36. The summed E-state index contributed by atoms with van der Waals surface area (Å²) >= 11 is 6.46. The summed E-state index contributed by atoms with van der Waals surface area (Å²) in [6.07, 6.45) is 2.66. The van der Waals surface area contributed by atoms with Gasteiger partial charge in [-0.15, -0.1) is 0 Å². The number of pyridine rings is 2. The molecule has 0 unspecified atom stereocenters. The maximum Gasteiger partial charge on any atom is 0.353 e. The number of H-pyrrole nitrogens is 1. The van der Waals surface area contributed by atoms with Crippen molar-refractivity contribution in [1.29, 1.82) is 0 Å². The third kappa shape index (κ3) is 3.64. The Morgan fingerprint density at radius 2 is 1.91 bits per heavy atom. The lowest BCUT2D eigenvalue weighted by Crippen LogP contribution is -2.14. The van der Waals surface area contributed by atoms with E-state index in [2.05, 4.69) is 9.97 Å². The highest BCUT2D eigenvalue weighted by Gasteiger charge is 2.27. The molecular weight excluding hydrogens is 483 g/mol. The average Bonchev–Trinajstić information content (AvgIpc) is 3.09. The van der Waals surface area contributed by atoms with Crippen LogP contribution in [-0.2, 0) is 6.54 Å². The molecule has 176 valence electrons. The molecule has 0 radical (unpaired) electrons. The van der Waals surface area contributed by atoms with Crippen molar-refractivity contribution in [3.63, 3.8) is 0 Å². The van der Waals surface area contributed by atoms with Crippen molar-refractivity contribution in [3.8, 4) is 11.1 Å². The lowest BCUT2D eigenvalue weighted by molar-refractivity contribution is 0.0687. The molecule has 0 bridgehead atoms. The van der Waals surface area contributed by atoms with Gasteiger partial charge >= 0.3 is 5.97 Å². The monoisotopic (exact) mass is 497 g/mol. The molecule has 5 rings (SSSR count). The Hall–Kier alpha value is -4.11. The fraction of sp³-hybridized carbons (Fsp3) is 0.0800. The molecule has 10 heteroatoms. The van der Waals surface area contributed by atoms with Crippen LogP contribution in [0.15, 0.2) is 53.6 Å². The largest absolute Gasteiger partial charge is 0.477 e. The van der Waals surface area contributed by atoms with Gasteiger partial charge in [0.25, 0.3) is 5.56 Å². The zero-order valence-corrected chi connectivity index (χ0v) is 18.8. The van der Waals surface area contributed by atoms with Crippen molar-refractivity contribution in [1.82, 2.24) is 14.5 Å². The molecule has 3 heterocycles. The molecule has 0 atom stereocenters. The highest BCUT2D eigenvalue weighted by atomic mass is 35.5. The van der Waals surface area contributed by atoms with Gasteiger partial charge < -0.3 is 14.7 Å². The number of nitrogens with zero attached hydrogens (tertiary/aromatic N) is 2. The van der Waals surface area contributed by atoms with E-state index in [4.69, 9.17) is 11.6 Å². The van der Waals surface area contributed by atoms with E-state index in [9.17, 15) is 27.9 Å². The second-order valence-electron chi connectivity index (χ2n) is 8.03. The molecule has 2 aromatic carbocycles. The number of fused-ring (bicyclic) bond motifs is 2. The van der Waals surface area contributed by atoms with Crippen LogP contribution < -0.4 is 5.56 Å². The van der Waals surface area contributed by atoms with Crippen molar-refractivity contribution in [3.05, 3.63) is 98.4 Å². The van der Waals surface area contributed by atoms with E-state index in [0.29, 0.717) is 11.5 Å². The van der Waals surface area contributed by atoms with E-state index >= 15 is 0 Å². The average molecular weight is 498 g/mol. The Morgan fingerprint density at radius 1 is 1.14 bits per heavy atom. The van der Waals surface area contributed by atoms with Crippen molar-refractivity contribution in [2.45, 2.75) is 13.5 Å². The molecular formula is C25H15ClF3N3O3. The van der Waals surface area contributed by atoms with E-state index in [1.165, 1.54) is 42.1 Å². The van der Waals surface area contributed by atoms with E-state index < -0.39 is 29.0 Å². The number of aromatic nitrogens is 3. The van der Waals surface area contributed by atoms with Gasteiger partial charge in [0, 0.05) is 45.9 Å². The minimum Gasteiger partial charge on any atom is -0.477 e. The first-order chi connectivity index (χ1) is 16.7. The Labute approximate surface area is 200 Å². The van der Waals surface area contributed by atoms with E-state index in [-0.39, 0.29) is 55.9 Å². The molecule has 0 aliphatic heterocycles. The lowest BCUT2D eigenvalue weighted by Gasteiger charge is -2.12. The number of carbonyl (C=O) groups is 1. The summed E-state index contributed by atoms with van der Waals surface area (Å²) in [5, 5.41) is 10.5. The van der Waals surface area contributed by atoms with Gasteiger partial charge in [-0.05, 0) is 42.8 Å². The number of rotatable bonds is 4. The van der Waals surface area contributed by atoms with Gasteiger partial charge in [0.2, 0.25) is 0 Å². The topological polar surface area (TPSA) is 88.0 Å². The number of halogens is 4. The maximum absolute atomic E-state index is 14.6. The summed E-state index contributed by atoms with van der Waals surface area (Å²) in [6.45, 7) is 1.31. The van der Waals surface area contributed by atoms with Crippen LogP contribution in [0.5, 0.6) is 0 Å². The first kappa shape index (κ1) is 22.7. The molecule has 0 aliphatic carbocycles. The lowest BCUT2D eigenvalue weighted by atomic mass is 10.0. The summed E-state index contributed by atoms with van der Waals surface area (Å²) in [7, 11) is 0. The van der Waals surface area contributed by atoms with Crippen molar-refractivity contribution < 1.29 is 23.1 Å². The third-order valence-electron chi connectivity index (χ3n) is 5.86. The summed E-state index contributed by atoms with van der Waals surface area (Å²) in [5.74, 6) is -3.68. The van der Waals surface area contributed by atoms with Crippen LogP contribution in [0.25, 0.3) is 32.9 Å². The van der Waals surface area contributed by atoms with Crippen LogP contribution in [-0.4, -0.2) is 25.6 Å². The van der Waals surface area contributed by atoms with Crippen molar-refractivity contribution in [2.24, 2.45) is 0 Å². The number of aromatic carboxylic acids is 1. The number of hydrogen-bond acceptors (Lipinski definition) is 3. The summed E-state index contributed by atoms with van der Waals surface area (Å²) < 4.78 is 43.9. The van der Waals surface area contributed by atoms with Crippen LogP contribution in [0.3, 0.4) is 0 Å². The number of carboxylic acid groups (broad SMARTS) is 1. The fourth-order valence-corrected chi connectivity index (χ4v) is 4.53. The predicted molar refractivity (Wildman–Crippen MR) is 125 cm³/mol. The number of carboxylic acids is 1. The number of benzene rings is 2. The first-order valence-corrected chi connectivity index (χ1v) is 10.7.